The lowest BCUT2D eigenvalue weighted by molar-refractivity contribution is 0.103. The molecule has 0 bridgehead atoms. The summed E-state index contributed by atoms with van der Waals surface area (Å²) >= 11 is 7.15. The Morgan fingerprint density at radius 2 is 1.93 bits per heavy atom. The van der Waals surface area contributed by atoms with E-state index in [0.717, 1.165) is 25.7 Å². The van der Waals surface area contributed by atoms with E-state index in [1.54, 1.807) is 35.2 Å². The number of aromatic nitrogens is 2. The van der Waals surface area contributed by atoms with Gasteiger partial charge in [-0.1, -0.05) is 30.9 Å². The van der Waals surface area contributed by atoms with E-state index in [0.29, 0.717) is 31.4 Å². The molecule has 4 rings (SSSR count). The summed E-state index contributed by atoms with van der Waals surface area (Å²) < 4.78 is 1.77. The summed E-state index contributed by atoms with van der Waals surface area (Å²) in [6.07, 6.45) is 7.20. The second-order valence-electron chi connectivity index (χ2n) is 6.95. The predicted octanol–water partition coefficient (Wildman–Crippen LogP) is 5.18. The summed E-state index contributed by atoms with van der Waals surface area (Å²) in [5, 5.41) is 4.03. The number of carbonyl (C=O) groups is 1. The summed E-state index contributed by atoms with van der Waals surface area (Å²) in [5.41, 5.74) is 1.32. The molecule has 0 spiro atoms. The first kappa shape index (κ1) is 18.2. The predicted molar refractivity (Wildman–Crippen MR) is 110 cm³/mol. The van der Waals surface area contributed by atoms with Gasteiger partial charge < -0.3 is 5.32 Å². The molecule has 5 nitrogen and oxygen atoms in total. The number of amides is 1. The molecule has 1 aliphatic rings. The minimum absolute atomic E-state index is 0.0359. The van der Waals surface area contributed by atoms with Crippen molar-refractivity contribution in [3.05, 3.63) is 56.4 Å². The molecular weight excluding hydrogens is 382 g/mol. The standard InChI is InChI=1S/C20H20ClN3O2S/c1-12-16-19(22-11-24(20(16)26)15-5-3-2-4-6-15)27-17(12)18(25)23-14-9-7-13(21)8-10-14/h7-11,15H,2-6H2,1H3,(H,23,25). The Labute approximate surface area is 166 Å². The van der Waals surface area contributed by atoms with Crippen LogP contribution in [0.4, 0.5) is 5.69 Å². The molecule has 1 aliphatic carbocycles. The lowest BCUT2D eigenvalue weighted by Crippen LogP contribution is -2.26. The van der Waals surface area contributed by atoms with Gasteiger partial charge in [0.15, 0.2) is 0 Å². The molecule has 0 atom stereocenters. The number of aryl methyl sites for hydroxylation is 1. The molecule has 27 heavy (non-hydrogen) atoms. The van der Waals surface area contributed by atoms with Crippen LogP contribution in [0.2, 0.25) is 5.02 Å². The molecule has 3 aromatic rings. The highest BCUT2D eigenvalue weighted by molar-refractivity contribution is 7.20. The van der Waals surface area contributed by atoms with Gasteiger partial charge in [-0.25, -0.2) is 4.98 Å². The van der Waals surface area contributed by atoms with Gasteiger partial charge in [0.25, 0.3) is 11.5 Å². The van der Waals surface area contributed by atoms with E-state index in [2.05, 4.69) is 10.3 Å². The van der Waals surface area contributed by atoms with Crippen molar-refractivity contribution in [1.82, 2.24) is 9.55 Å². The smallest absolute Gasteiger partial charge is 0.266 e. The third kappa shape index (κ3) is 3.51. The molecule has 2 heterocycles. The number of anilines is 1. The number of fused-ring (bicyclic) bond motifs is 1. The molecule has 1 aromatic carbocycles. The number of halogens is 1. The average Bonchev–Trinajstić information content (AvgIpc) is 3.02. The number of hydrogen-bond donors (Lipinski definition) is 1. The van der Waals surface area contributed by atoms with Crippen LogP contribution < -0.4 is 10.9 Å². The van der Waals surface area contributed by atoms with Gasteiger partial charge in [0, 0.05) is 16.8 Å². The zero-order valence-corrected chi connectivity index (χ0v) is 16.6. The maximum absolute atomic E-state index is 13.1. The molecule has 140 valence electrons. The molecule has 1 N–H and O–H groups in total. The van der Waals surface area contributed by atoms with Gasteiger partial charge in [-0.15, -0.1) is 11.3 Å². The number of nitrogens with zero attached hydrogens (tertiary/aromatic N) is 2. The van der Waals surface area contributed by atoms with Gasteiger partial charge in [0.05, 0.1) is 16.6 Å². The molecule has 0 radical (unpaired) electrons. The zero-order chi connectivity index (χ0) is 19.0. The first-order chi connectivity index (χ1) is 13.0. The molecule has 0 unspecified atom stereocenters. The zero-order valence-electron chi connectivity index (χ0n) is 15.0. The maximum Gasteiger partial charge on any atom is 0.266 e. The quantitative estimate of drug-likeness (QED) is 0.657. The van der Waals surface area contributed by atoms with Gasteiger partial charge in [0.2, 0.25) is 0 Å². The fourth-order valence-corrected chi connectivity index (χ4v) is 4.85. The number of carbonyl (C=O) groups excluding carboxylic acids is 1. The van der Waals surface area contributed by atoms with Gasteiger partial charge in [-0.05, 0) is 49.6 Å². The Kier molecular flexibility index (Phi) is 5.02. The van der Waals surface area contributed by atoms with Crippen LogP contribution in [0.15, 0.2) is 35.4 Å². The number of thiophene rings is 1. The number of nitrogens with one attached hydrogen (secondary N) is 1. The minimum atomic E-state index is -0.235. The van der Waals surface area contributed by atoms with Crippen LogP contribution in [0, 0.1) is 6.92 Å². The molecule has 1 amide bonds. The molecule has 1 fully saturated rings. The Morgan fingerprint density at radius 1 is 1.22 bits per heavy atom. The summed E-state index contributed by atoms with van der Waals surface area (Å²) in [6.45, 7) is 1.82. The van der Waals surface area contributed by atoms with E-state index in [1.807, 2.05) is 6.92 Å². The second-order valence-corrected chi connectivity index (χ2v) is 8.38. The fraction of sp³-hybridized carbons (Fsp3) is 0.350. The van der Waals surface area contributed by atoms with Gasteiger partial charge in [-0.3, -0.25) is 14.2 Å². The minimum Gasteiger partial charge on any atom is -0.321 e. The van der Waals surface area contributed by atoms with Crippen LogP contribution in [0.3, 0.4) is 0 Å². The normalized spacial score (nSPS) is 15.2. The van der Waals surface area contributed by atoms with Crippen LogP contribution in [0.25, 0.3) is 10.2 Å². The van der Waals surface area contributed by atoms with E-state index in [9.17, 15) is 9.59 Å². The van der Waals surface area contributed by atoms with Gasteiger partial charge >= 0.3 is 0 Å². The SMILES string of the molecule is Cc1c(C(=O)Nc2ccc(Cl)cc2)sc2ncn(C3CCCCC3)c(=O)c12. The Bertz CT molecular complexity index is 1050. The van der Waals surface area contributed by atoms with Gasteiger partial charge in [0.1, 0.15) is 4.83 Å². The van der Waals surface area contributed by atoms with Crippen molar-refractivity contribution in [3.8, 4) is 0 Å². The Morgan fingerprint density at radius 3 is 2.63 bits per heavy atom. The third-order valence-electron chi connectivity index (χ3n) is 5.15. The Balaban J connectivity index is 1.69. The van der Waals surface area contributed by atoms with Crippen LogP contribution in [-0.2, 0) is 0 Å². The molecular formula is C20H20ClN3O2S. The highest BCUT2D eigenvalue weighted by atomic mass is 35.5. The van der Waals surface area contributed by atoms with Crippen molar-refractivity contribution in [1.29, 1.82) is 0 Å². The monoisotopic (exact) mass is 401 g/mol. The number of rotatable bonds is 3. The van der Waals surface area contributed by atoms with Crippen LogP contribution in [0.1, 0.15) is 53.4 Å². The highest BCUT2D eigenvalue weighted by Crippen LogP contribution is 2.30. The van der Waals surface area contributed by atoms with E-state index in [4.69, 9.17) is 11.6 Å². The second kappa shape index (κ2) is 7.44. The molecule has 1 saturated carbocycles. The van der Waals surface area contributed by atoms with Crippen molar-refractivity contribution in [2.45, 2.75) is 45.1 Å². The van der Waals surface area contributed by atoms with Crippen LogP contribution in [0.5, 0.6) is 0 Å². The van der Waals surface area contributed by atoms with E-state index in [-0.39, 0.29) is 17.5 Å². The van der Waals surface area contributed by atoms with Crippen molar-refractivity contribution in [2.24, 2.45) is 0 Å². The van der Waals surface area contributed by atoms with Crippen molar-refractivity contribution in [3.63, 3.8) is 0 Å². The van der Waals surface area contributed by atoms with Crippen molar-refractivity contribution >= 4 is 44.7 Å². The van der Waals surface area contributed by atoms with Crippen LogP contribution >= 0.6 is 22.9 Å². The van der Waals surface area contributed by atoms with Gasteiger partial charge in [-0.2, -0.15) is 0 Å². The molecule has 0 aliphatic heterocycles. The lowest BCUT2D eigenvalue weighted by atomic mass is 9.95. The summed E-state index contributed by atoms with van der Waals surface area (Å²) in [5.74, 6) is -0.235. The molecule has 0 saturated heterocycles. The van der Waals surface area contributed by atoms with Crippen molar-refractivity contribution in [2.75, 3.05) is 5.32 Å². The summed E-state index contributed by atoms with van der Waals surface area (Å²) in [6, 6.07) is 7.15. The summed E-state index contributed by atoms with van der Waals surface area (Å²) in [4.78, 5) is 31.4. The highest BCUT2D eigenvalue weighted by Gasteiger charge is 2.22. The van der Waals surface area contributed by atoms with E-state index >= 15 is 0 Å². The average molecular weight is 402 g/mol. The first-order valence-electron chi connectivity index (χ1n) is 9.12. The largest absolute Gasteiger partial charge is 0.321 e. The Hall–Kier alpha value is -2.18. The third-order valence-corrected chi connectivity index (χ3v) is 6.60. The number of hydrogen-bond acceptors (Lipinski definition) is 4. The van der Waals surface area contributed by atoms with Crippen LogP contribution in [-0.4, -0.2) is 15.5 Å². The first-order valence-corrected chi connectivity index (χ1v) is 10.3. The lowest BCUT2D eigenvalue weighted by Gasteiger charge is -2.23. The topological polar surface area (TPSA) is 64.0 Å². The number of benzene rings is 1. The van der Waals surface area contributed by atoms with E-state index in [1.165, 1.54) is 17.8 Å². The van der Waals surface area contributed by atoms with E-state index < -0.39 is 0 Å². The maximum atomic E-state index is 13.1. The molecule has 2 aromatic heterocycles. The summed E-state index contributed by atoms with van der Waals surface area (Å²) in [7, 11) is 0. The fourth-order valence-electron chi connectivity index (χ4n) is 3.69. The van der Waals surface area contributed by atoms with Crippen molar-refractivity contribution < 1.29 is 4.79 Å². The molecule has 7 heteroatoms.